The maximum atomic E-state index is 13.3. The van der Waals surface area contributed by atoms with Crippen molar-refractivity contribution in [3.05, 3.63) is 93.3 Å². The molecule has 2 heterocycles. The van der Waals surface area contributed by atoms with Gasteiger partial charge in [-0.15, -0.1) is 0 Å². The zero-order valence-electron chi connectivity index (χ0n) is 19.3. The second-order valence-electron chi connectivity index (χ2n) is 9.52. The SMILES string of the molecule is Cc1oc(C(C)(C)C)cc1C(=O)N1CCN([C@@H](c2ccccc2)c2ccc(Br)cc2)CC1. The maximum Gasteiger partial charge on any atom is 0.257 e. The maximum absolute atomic E-state index is 13.3. The van der Waals surface area contributed by atoms with Gasteiger partial charge in [-0.25, -0.2) is 0 Å². The van der Waals surface area contributed by atoms with Gasteiger partial charge < -0.3 is 9.32 Å². The predicted octanol–water partition coefficient (Wildman–Crippen LogP) is 6.20. The molecular weight excluding hydrogens is 464 g/mol. The van der Waals surface area contributed by atoms with E-state index in [4.69, 9.17) is 4.42 Å². The molecule has 0 N–H and O–H groups in total. The van der Waals surface area contributed by atoms with E-state index in [1.54, 1.807) is 0 Å². The number of rotatable bonds is 4. The van der Waals surface area contributed by atoms with Gasteiger partial charge in [0.25, 0.3) is 5.91 Å². The number of aryl methyl sites for hydroxylation is 1. The van der Waals surface area contributed by atoms with Crippen LogP contribution in [-0.4, -0.2) is 41.9 Å². The van der Waals surface area contributed by atoms with Gasteiger partial charge in [0.15, 0.2) is 0 Å². The molecule has 1 fully saturated rings. The van der Waals surface area contributed by atoms with Crippen LogP contribution in [0.2, 0.25) is 0 Å². The molecule has 0 spiro atoms. The van der Waals surface area contributed by atoms with E-state index in [9.17, 15) is 4.79 Å². The monoisotopic (exact) mass is 494 g/mol. The molecule has 1 aromatic heterocycles. The van der Waals surface area contributed by atoms with Crippen molar-refractivity contribution in [2.75, 3.05) is 26.2 Å². The highest BCUT2D eigenvalue weighted by atomic mass is 79.9. The Kier molecular flexibility index (Phi) is 6.59. The third kappa shape index (κ3) is 4.84. The van der Waals surface area contributed by atoms with Gasteiger partial charge in [-0.05, 0) is 36.2 Å². The molecule has 1 saturated heterocycles. The van der Waals surface area contributed by atoms with Gasteiger partial charge in [-0.1, -0.05) is 79.2 Å². The van der Waals surface area contributed by atoms with Crippen LogP contribution in [0.4, 0.5) is 0 Å². The highest BCUT2D eigenvalue weighted by molar-refractivity contribution is 9.10. The van der Waals surface area contributed by atoms with Crippen LogP contribution in [0.25, 0.3) is 0 Å². The normalized spacial score (nSPS) is 16.2. The molecule has 1 atom stereocenters. The fourth-order valence-corrected chi connectivity index (χ4v) is 4.58. The van der Waals surface area contributed by atoms with Crippen molar-refractivity contribution in [1.82, 2.24) is 9.80 Å². The first kappa shape index (κ1) is 22.8. The van der Waals surface area contributed by atoms with E-state index in [0.29, 0.717) is 24.4 Å². The fourth-order valence-electron chi connectivity index (χ4n) is 4.31. The number of benzene rings is 2. The molecule has 4 nitrogen and oxygen atoms in total. The average Bonchev–Trinajstić information content (AvgIpc) is 3.18. The first-order valence-electron chi connectivity index (χ1n) is 11.2. The van der Waals surface area contributed by atoms with Crippen LogP contribution in [0.5, 0.6) is 0 Å². The van der Waals surface area contributed by atoms with Crippen molar-refractivity contribution < 1.29 is 9.21 Å². The van der Waals surface area contributed by atoms with Crippen molar-refractivity contribution in [3.8, 4) is 0 Å². The molecule has 0 aliphatic carbocycles. The van der Waals surface area contributed by atoms with Gasteiger partial charge >= 0.3 is 0 Å². The fraction of sp³-hybridized carbons (Fsp3) is 0.370. The Balaban J connectivity index is 1.52. The van der Waals surface area contributed by atoms with Gasteiger partial charge in [-0.3, -0.25) is 9.69 Å². The highest BCUT2D eigenvalue weighted by Crippen LogP contribution is 2.31. The molecule has 0 unspecified atom stereocenters. The number of halogens is 1. The first-order valence-corrected chi connectivity index (χ1v) is 12.0. The minimum absolute atomic E-state index is 0.0707. The summed E-state index contributed by atoms with van der Waals surface area (Å²) in [6.45, 7) is 11.2. The average molecular weight is 495 g/mol. The Labute approximate surface area is 199 Å². The van der Waals surface area contributed by atoms with Crippen LogP contribution >= 0.6 is 15.9 Å². The predicted molar refractivity (Wildman–Crippen MR) is 132 cm³/mol. The van der Waals surface area contributed by atoms with Crippen molar-refractivity contribution >= 4 is 21.8 Å². The molecule has 5 heteroatoms. The molecule has 2 aromatic carbocycles. The summed E-state index contributed by atoms with van der Waals surface area (Å²) in [5.74, 6) is 1.64. The van der Waals surface area contributed by atoms with Crippen LogP contribution in [0, 0.1) is 6.92 Å². The first-order chi connectivity index (χ1) is 15.2. The molecule has 1 aliphatic heterocycles. The van der Waals surface area contributed by atoms with E-state index in [0.717, 1.165) is 23.3 Å². The molecule has 4 rings (SSSR count). The van der Waals surface area contributed by atoms with Crippen molar-refractivity contribution in [1.29, 1.82) is 0 Å². The van der Waals surface area contributed by atoms with E-state index in [1.807, 2.05) is 17.9 Å². The minimum Gasteiger partial charge on any atom is -0.465 e. The van der Waals surface area contributed by atoms with Crippen molar-refractivity contribution in [2.45, 2.75) is 39.2 Å². The summed E-state index contributed by atoms with van der Waals surface area (Å²) in [5, 5.41) is 0. The van der Waals surface area contributed by atoms with E-state index >= 15 is 0 Å². The Morgan fingerprint density at radius 2 is 1.53 bits per heavy atom. The molecule has 0 saturated carbocycles. The molecule has 1 amide bonds. The van der Waals surface area contributed by atoms with E-state index < -0.39 is 0 Å². The van der Waals surface area contributed by atoms with Gasteiger partial charge in [0.2, 0.25) is 0 Å². The van der Waals surface area contributed by atoms with Crippen LogP contribution in [0.15, 0.2) is 69.6 Å². The molecule has 32 heavy (non-hydrogen) atoms. The van der Waals surface area contributed by atoms with Gasteiger partial charge in [0.1, 0.15) is 11.5 Å². The lowest BCUT2D eigenvalue weighted by Crippen LogP contribution is -2.49. The summed E-state index contributed by atoms with van der Waals surface area (Å²) in [7, 11) is 0. The summed E-state index contributed by atoms with van der Waals surface area (Å²) < 4.78 is 6.99. The number of hydrogen-bond donors (Lipinski definition) is 0. The number of hydrogen-bond acceptors (Lipinski definition) is 3. The third-order valence-electron chi connectivity index (χ3n) is 6.16. The van der Waals surface area contributed by atoms with Gasteiger partial charge in [0, 0.05) is 36.1 Å². The number of furan rings is 1. The number of piperazine rings is 1. The van der Waals surface area contributed by atoms with Crippen molar-refractivity contribution in [3.63, 3.8) is 0 Å². The Morgan fingerprint density at radius 3 is 2.09 bits per heavy atom. The Morgan fingerprint density at radius 1 is 0.938 bits per heavy atom. The quantitative estimate of drug-likeness (QED) is 0.433. The van der Waals surface area contributed by atoms with Crippen LogP contribution in [0.3, 0.4) is 0 Å². The van der Waals surface area contributed by atoms with Crippen LogP contribution in [-0.2, 0) is 5.41 Å². The largest absolute Gasteiger partial charge is 0.465 e. The minimum atomic E-state index is -0.116. The summed E-state index contributed by atoms with van der Waals surface area (Å²) in [4.78, 5) is 17.7. The summed E-state index contributed by atoms with van der Waals surface area (Å²) in [5.41, 5.74) is 3.11. The lowest BCUT2D eigenvalue weighted by Gasteiger charge is -2.39. The Bertz CT molecular complexity index is 1060. The van der Waals surface area contributed by atoms with Gasteiger partial charge in [-0.2, -0.15) is 0 Å². The molecule has 3 aromatic rings. The van der Waals surface area contributed by atoms with Crippen molar-refractivity contribution in [2.24, 2.45) is 0 Å². The molecule has 0 bridgehead atoms. The molecular formula is C27H31BrN2O2. The summed E-state index contributed by atoms with van der Waals surface area (Å²) in [6, 6.07) is 21.3. The zero-order chi connectivity index (χ0) is 22.9. The second-order valence-corrected chi connectivity index (χ2v) is 10.4. The van der Waals surface area contributed by atoms with E-state index in [1.165, 1.54) is 11.1 Å². The van der Waals surface area contributed by atoms with Crippen LogP contribution in [0.1, 0.15) is 59.8 Å². The molecule has 0 radical (unpaired) electrons. The van der Waals surface area contributed by atoms with Gasteiger partial charge in [0.05, 0.1) is 11.6 Å². The number of nitrogens with zero attached hydrogens (tertiary/aromatic N) is 2. The van der Waals surface area contributed by atoms with Crippen LogP contribution < -0.4 is 0 Å². The number of amides is 1. The number of carbonyl (C=O) groups is 1. The lowest BCUT2D eigenvalue weighted by atomic mass is 9.93. The number of carbonyl (C=O) groups excluding carboxylic acids is 1. The highest BCUT2D eigenvalue weighted by Gasteiger charge is 2.31. The molecule has 1 aliphatic rings. The van der Waals surface area contributed by atoms with E-state index in [2.05, 4.69) is 96.2 Å². The second kappa shape index (κ2) is 9.24. The molecule has 168 valence electrons. The summed E-state index contributed by atoms with van der Waals surface area (Å²) >= 11 is 3.55. The topological polar surface area (TPSA) is 36.7 Å². The van der Waals surface area contributed by atoms with E-state index in [-0.39, 0.29) is 17.4 Å². The summed E-state index contributed by atoms with van der Waals surface area (Å²) in [6.07, 6.45) is 0. The third-order valence-corrected chi connectivity index (χ3v) is 6.68. The zero-order valence-corrected chi connectivity index (χ0v) is 20.9. The lowest BCUT2D eigenvalue weighted by molar-refractivity contribution is 0.0595. The smallest absolute Gasteiger partial charge is 0.257 e. The Hall–Kier alpha value is -2.37. The standard InChI is InChI=1S/C27H31BrN2O2/c1-19-23(18-24(32-19)27(2,3)4)26(31)30-16-14-29(15-17-30)25(20-8-6-5-7-9-20)21-10-12-22(28)13-11-21/h5-13,18,25H,14-17H2,1-4H3/t25-/m0/s1.